The smallest absolute Gasteiger partial charge is 0.149 e. The van der Waals surface area contributed by atoms with Gasteiger partial charge in [-0.15, -0.1) is 6.58 Å². The number of nitrogens with one attached hydrogen (secondary N) is 1. The Balaban J connectivity index is 3.18. The van der Waals surface area contributed by atoms with Crippen molar-refractivity contribution in [3.63, 3.8) is 0 Å². The molecule has 0 radical (unpaired) electrons. The van der Waals surface area contributed by atoms with Gasteiger partial charge < -0.3 is 0 Å². The lowest BCUT2D eigenvalue weighted by molar-refractivity contribution is 0.509. The van der Waals surface area contributed by atoms with Gasteiger partial charge in [-0.05, 0) is 39.3 Å². The Kier molecular flexibility index (Phi) is 5.86. The van der Waals surface area contributed by atoms with E-state index in [4.69, 9.17) is 11.6 Å². The largest absolute Gasteiger partial charge is 0.242 e. The minimum atomic E-state index is -1.47. The van der Waals surface area contributed by atoms with Gasteiger partial charge in [0.15, 0.2) is 0 Å². The van der Waals surface area contributed by atoms with Crippen LogP contribution in [-0.2, 0) is 11.0 Å². The number of benzene rings is 1. The molecule has 0 aromatic heterocycles. The normalized spacial score (nSPS) is 14.9. The van der Waals surface area contributed by atoms with E-state index in [1.807, 2.05) is 0 Å². The lowest BCUT2D eigenvalue weighted by Gasteiger charge is -2.24. The summed E-state index contributed by atoms with van der Waals surface area (Å²) in [5, 5.41) is -0.168. The number of halogens is 3. The molecule has 112 valence electrons. The highest BCUT2D eigenvalue weighted by molar-refractivity contribution is 7.84. The van der Waals surface area contributed by atoms with Gasteiger partial charge in [0, 0.05) is 5.56 Å². The van der Waals surface area contributed by atoms with Crippen LogP contribution >= 0.6 is 11.6 Å². The molecule has 1 unspecified atom stereocenters. The van der Waals surface area contributed by atoms with Crippen molar-refractivity contribution < 1.29 is 13.0 Å². The molecule has 0 aliphatic heterocycles. The van der Waals surface area contributed by atoms with Gasteiger partial charge in [0.05, 0.1) is 26.8 Å². The van der Waals surface area contributed by atoms with E-state index in [1.54, 1.807) is 20.8 Å². The van der Waals surface area contributed by atoms with Gasteiger partial charge in [0.1, 0.15) is 11.6 Å². The van der Waals surface area contributed by atoms with Gasteiger partial charge in [-0.25, -0.2) is 17.7 Å². The van der Waals surface area contributed by atoms with Crippen LogP contribution < -0.4 is 4.72 Å². The first kappa shape index (κ1) is 17.3. The van der Waals surface area contributed by atoms with Crippen LogP contribution in [-0.4, -0.2) is 8.96 Å². The third-order valence-corrected chi connectivity index (χ3v) is 4.54. The van der Waals surface area contributed by atoms with Gasteiger partial charge in [-0.3, -0.25) is 0 Å². The topological polar surface area (TPSA) is 29.1 Å². The van der Waals surface area contributed by atoms with Crippen molar-refractivity contribution in [3.05, 3.63) is 47.0 Å². The molecule has 20 heavy (non-hydrogen) atoms. The first-order chi connectivity index (χ1) is 9.18. The van der Waals surface area contributed by atoms with Crippen LogP contribution in [0.3, 0.4) is 0 Å². The molecule has 6 heteroatoms. The molecule has 2 atom stereocenters. The average Bonchev–Trinajstić information content (AvgIpc) is 2.33. The highest BCUT2D eigenvalue weighted by atomic mass is 35.5. The summed E-state index contributed by atoms with van der Waals surface area (Å²) in [7, 11) is -1.47. The Bertz CT molecular complexity index is 529. The highest BCUT2D eigenvalue weighted by Gasteiger charge is 2.27. The maximum atomic E-state index is 14.0. The average molecular weight is 322 g/mol. The van der Waals surface area contributed by atoms with E-state index in [2.05, 4.69) is 11.3 Å². The van der Waals surface area contributed by atoms with Crippen LogP contribution in [0.2, 0.25) is 5.02 Å². The van der Waals surface area contributed by atoms with Gasteiger partial charge in [0.25, 0.3) is 0 Å². The molecule has 1 aromatic rings. The SMILES string of the molecule is C=CC[C@H](NS(=O)C(C)(C)C)c1c(F)ccc(Cl)c1F. The molecular weight excluding hydrogens is 304 g/mol. The molecule has 0 fully saturated rings. The Hall–Kier alpha value is -0.780. The molecule has 0 spiro atoms. The fourth-order valence-corrected chi connectivity index (χ4v) is 2.55. The van der Waals surface area contributed by atoms with Crippen LogP contribution in [0.5, 0.6) is 0 Å². The van der Waals surface area contributed by atoms with Crippen LogP contribution in [0, 0.1) is 11.6 Å². The first-order valence-electron chi connectivity index (χ1n) is 6.10. The lowest BCUT2D eigenvalue weighted by atomic mass is 10.0. The molecule has 0 saturated heterocycles. The van der Waals surface area contributed by atoms with E-state index in [0.29, 0.717) is 0 Å². The van der Waals surface area contributed by atoms with Gasteiger partial charge >= 0.3 is 0 Å². The summed E-state index contributed by atoms with van der Waals surface area (Å²) in [4.78, 5) is 0. The van der Waals surface area contributed by atoms with E-state index in [9.17, 15) is 13.0 Å². The fourth-order valence-electron chi connectivity index (χ4n) is 1.56. The summed E-state index contributed by atoms with van der Waals surface area (Å²) < 4.78 is 42.2. The molecule has 2 nitrogen and oxygen atoms in total. The molecule has 0 amide bonds. The maximum absolute atomic E-state index is 14.0. The predicted octanol–water partition coefficient (Wildman–Crippen LogP) is 4.29. The molecular formula is C14H18ClF2NOS. The molecule has 0 heterocycles. The molecule has 0 bridgehead atoms. The Morgan fingerprint density at radius 3 is 2.55 bits per heavy atom. The first-order valence-corrected chi connectivity index (χ1v) is 7.63. The molecule has 0 aliphatic carbocycles. The predicted molar refractivity (Wildman–Crippen MR) is 80.0 cm³/mol. The summed E-state index contributed by atoms with van der Waals surface area (Å²) in [6, 6.07) is 1.46. The van der Waals surface area contributed by atoms with Crippen molar-refractivity contribution in [1.82, 2.24) is 4.72 Å². The van der Waals surface area contributed by atoms with Gasteiger partial charge in [-0.2, -0.15) is 0 Å². The van der Waals surface area contributed by atoms with Crippen molar-refractivity contribution in [3.8, 4) is 0 Å². The van der Waals surface area contributed by atoms with Crippen molar-refractivity contribution in [2.75, 3.05) is 0 Å². The second kappa shape index (κ2) is 6.78. The second-order valence-corrected chi connectivity index (χ2v) is 7.74. The summed E-state index contributed by atoms with van der Waals surface area (Å²) in [5.41, 5.74) is -0.213. The molecule has 0 aliphatic rings. The highest BCUT2D eigenvalue weighted by Crippen LogP contribution is 2.29. The van der Waals surface area contributed by atoms with E-state index in [-0.39, 0.29) is 17.0 Å². The van der Waals surface area contributed by atoms with Crippen molar-refractivity contribution in [1.29, 1.82) is 0 Å². The number of hydrogen-bond acceptors (Lipinski definition) is 1. The minimum absolute atomic E-state index is 0.168. The number of rotatable bonds is 5. The Morgan fingerprint density at radius 2 is 2.05 bits per heavy atom. The van der Waals surface area contributed by atoms with Gasteiger partial charge in [-0.1, -0.05) is 17.7 Å². The molecule has 1 aromatic carbocycles. The maximum Gasteiger partial charge on any atom is 0.149 e. The molecule has 1 N–H and O–H groups in total. The van der Waals surface area contributed by atoms with Crippen LogP contribution in [0.1, 0.15) is 38.8 Å². The van der Waals surface area contributed by atoms with E-state index in [0.717, 1.165) is 12.1 Å². The lowest BCUT2D eigenvalue weighted by Crippen LogP contribution is -2.36. The minimum Gasteiger partial charge on any atom is -0.242 e. The zero-order valence-electron chi connectivity index (χ0n) is 11.7. The van der Waals surface area contributed by atoms with Gasteiger partial charge in [0.2, 0.25) is 0 Å². The zero-order valence-corrected chi connectivity index (χ0v) is 13.2. The zero-order chi connectivity index (χ0) is 15.5. The summed E-state index contributed by atoms with van der Waals surface area (Å²) in [5.74, 6) is -1.56. The quantitative estimate of drug-likeness (QED) is 0.636. The van der Waals surface area contributed by atoms with Crippen molar-refractivity contribution in [2.24, 2.45) is 0 Å². The van der Waals surface area contributed by atoms with Crippen LogP contribution in [0.15, 0.2) is 24.8 Å². The standard InChI is InChI=1S/C14H18ClF2NOS/c1-5-6-11(18-20(19)14(2,3)4)12-10(16)8-7-9(15)13(12)17/h5,7-8,11,18H,1,6H2,2-4H3/t11-,20?/m0/s1. The third kappa shape index (κ3) is 4.11. The van der Waals surface area contributed by atoms with Crippen molar-refractivity contribution >= 4 is 22.6 Å². The third-order valence-electron chi connectivity index (χ3n) is 2.64. The van der Waals surface area contributed by atoms with Crippen molar-refractivity contribution in [2.45, 2.75) is 38.0 Å². The van der Waals surface area contributed by atoms with E-state index >= 15 is 0 Å². The summed E-state index contributed by atoms with van der Waals surface area (Å²) in [6.45, 7) is 8.87. The van der Waals surface area contributed by atoms with Crippen LogP contribution in [0.4, 0.5) is 8.78 Å². The Morgan fingerprint density at radius 1 is 1.45 bits per heavy atom. The monoisotopic (exact) mass is 321 g/mol. The molecule has 1 rings (SSSR count). The number of hydrogen-bond donors (Lipinski definition) is 1. The Labute approximate surface area is 125 Å². The van der Waals surface area contributed by atoms with E-state index in [1.165, 1.54) is 6.08 Å². The summed E-state index contributed by atoms with van der Waals surface area (Å²) in [6.07, 6.45) is 1.74. The van der Waals surface area contributed by atoms with Crippen LogP contribution in [0.25, 0.3) is 0 Å². The summed E-state index contributed by atoms with van der Waals surface area (Å²) >= 11 is 5.69. The van der Waals surface area contributed by atoms with E-state index < -0.39 is 33.4 Å². The molecule has 0 saturated carbocycles. The second-order valence-electron chi connectivity index (χ2n) is 5.33. The fraction of sp³-hybridized carbons (Fsp3) is 0.429.